The molecule has 5 aromatic rings. The minimum atomic E-state index is 0.198. The lowest BCUT2D eigenvalue weighted by molar-refractivity contribution is 0.310. The molecule has 0 amide bonds. The average molecular weight is 472 g/mol. The van der Waals surface area contributed by atoms with Crippen molar-refractivity contribution in [1.82, 2.24) is 29.7 Å². The van der Waals surface area contributed by atoms with Crippen LogP contribution in [0, 0.1) is 6.92 Å². The number of anilines is 1. The number of pyridine rings is 2. The highest BCUT2D eigenvalue weighted by atomic mass is 35.5. The van der Waals surface area contributed by atoms with E-state index in [2.05, 4.69) is 20.1 Å². The Hall–Kier alpha value is -4.04. The number of nitrogen functional groups attached to an aromatic ring is 1. The summed E-state index contributed by atoms with van der Waals surface area (Å²) in [6.45, 7) is 2.35. The van der Waals surface area contributed by atoms with Crippen LogP contribution in [-0.2, 0) is 13.5 Å². The van der Waals surface area contributed by atoms with Crippen LogP contribution in [0.4, 0.5) is 5.82 Å². The Kier molecular flexibility index (Phi) is 5.81. The smallest absolute Gasteiger partial charge is 0.257 e. The van der Waals surface area contributed by atoms with Crippen LogP contribution in [-0.4, -0.2) is 36.3 Å². The number of rotatable bonds is 6. The van der Waals surface area contributed by atoms with Crippen molar-refractivity contribution < 1.29 is 4.74 Å². The van der Waals surface area contributed by atoms with E-state index in [0.717, 1.165) is 27.7 Å². The molecule has 0 unspecified atom stereocenters. The molecular formula is C25H22ClN7O. The highest BCUT2D eigenvalue weighted by Crippen LogP contribution is 2.35. The molecule has 4 heterocycles. The van der Waals surface area contributed by atoms with Gasteiger partial charge in [0.2, 0.25) is 0 Å². The zero-order chi connectivity index (χ0) is 23.7. The second-order valence-electron chi connectivity index (χ2n) is 7.92. The Bertz CT molecular complexity index is 1500. The Balaban J connectivity index is 1.55. The fourth-order valence-corrected chi connectivity index (χ4v) is 4.05. The lowest BCUT2D eigenvalue weighted by atomic mass is 10.0. The van der Waals surface area contributed by atoms with Crippen LogP contribution >= 0.6 is 11.6 Å². The fraction of sp³-hybridized carbons (Fsp3) is 0.160. The normalized spacial score (nSPS) is 11.1. The van der Waals surface area contributed by atoms with E-state index in [1.54, 1.807) is 17.1 Å². The van der Waals surface area contributed by atoms with Crippen molar-refractivity contribution in [1.29, 1.82) is 0 Å². The fourth-order valence-electron chi connectivity index (χ4n) is 3.77. The third-order valence-corrected chi connectivity index (χ3v) is 5.66. The Morgan fingerprint density at radius 2 is 1.91 bits per heavy atom. The van der Waals surface area contributed by atoms with Gasteiger partial charge in [-0.25, -0.2) is 9.97 Å². The number of hydrogen-bond acceptors (Lipinski definition) is 7. The van der Waals surface area contributed by atoms with E-state index in [9.17, 15) is 0 Å². The Morgan fingerprint density at radius 3 is 2.71 bits per heavy atom. The van der Waals surface area contributed by atoms with Gasteiger partial charge in [0, 0.05) is 48.7 Å². The van der Waals surface area contributed by atoms with E-state index in [4.69, 9.17) is 27.1 Å². The van der Waals surface area contributed by atoms with Gasteiger partial charge in [-0.15, -0.1) is 0 Å². The van der Waals surface area contributed by atoms with Crippen molar-refractivity contribution in [2.24, 2.45) is 7.05 Å². The predicted octanol–water partition coefficient (Wildman–Crippen LogP) is 4.65. The minimum Gasteiger partial charge on any atom is -0.475 e. The molecule has 0 fully saturated rings. The summed E-state index contributed by atoms with van der Waals surface area (Å²) in [4.78, 5) is 18.0. The summed E-state index contributed by atoms with van der Waals surface area (Å²) in [6.07, 6.45) is 6.04. The summed E-state index contributed by atoms with van der Waals surface area (Å²) in [5, 5.41) is 5.92. The molecule has 0 bridgehead atoms. The number of hydrogen-bond donors (Lipinski definition) is 1. The molecule has 9 heteroatoms. The molecule has 0 spiro atoms. The number of nitrogens with two attached hydrogens (primary N) is 1. The van der Waals surface area contributed by atoms with Crippen LogP contribution in [0.1, 0.15) is 11.3 Å². The van der Waals surface area contributed by atoms with Gasteiger partial charge in [0.1, 0.15) is 17.1 Å². The minimum absolute atomic E-state index is 0.198. The van der Waals surface area contributed by atoms with Gasteiger partial charge >= 0.3 is 0 Å². The maximum Gasteiger partial charge on any atom is 0.257 e. The van der Waals surface area contributed by atoms with Gasteiger partial charge in [0.25, 0.3) is 5.88 Å². The standard InChI is InChI=1S/C25H22ClN7O/c1-15-12-16(5-9-28-15)7-11-34-25-24(27)30-23(20-6-10-33(2)32-20)22(31-25)18-13-17-4-3-8-29-21(17)19(26)14-18/h3-6,8-10,12-14H,7,11H2,1-2H3,(H2,27,30). The van der Waals surface area contributed by atoms with Gasteiger partial charge < -0.3 is 10.5 Å². The zero-order valence-electron chi connectivity index (χ0n) is 18.7. The first kappa shape index (κ1) is 21.8. The molecule has 5 rings (SSSR count). The third-order valence-electron chi connectivity index (χ3n) is 5.37. The Labute approximate surface area is 201 Å². The monoisotopic (exact) mass is 471 g/mol. The maximum atomic E-state index is 6.56. The molecule has 4 aromatic heterocycles. The predicted molar refractivity (Wildman–Crippen MR) is 133 cm³/mol. The largest absolute Gasteiger partial charge is 0.475 e. The van der Waals surface area contributed by atoms with Crippen LogP contribution < -0.4 is 10.5 Å². The van der Waals surface area contributed by atoms with Crippen LogP contribution in [0.2, 0.25) is 5.02 Å². The van der Waals surface area contributed by atoms with Gasteiger partial charge in [-0.2, -0.15) is 5.10 Å². The van der Waals surface area contributed by atoms with Crippen molar-refractivity contribution >= 4 is 28.3 Å². The summed E-state index contributed by atoms with van der Waals surface area (Å²) in [7, 11) is 1.84. The van der Waals surface area contributed by atoms with E-state index in [1.807, 2.05) is 62.6 Å². The summed E-state index contributed by atoms with van der Waals surface area (Å²) in [5.74, 6) is 0.465. The van der Waals surface area contributed by atoms with Crippen molar-refractivity contribution in [3.8, 4) is 28.5 Å². The lowest BCUT2D eigenvalue weighted by Gasteiger charge is -2.13. The number of fused-ring (bicyclic) bond motifs is 1. The molecule has 0 radical (unpaired) electrons. The van der Waals surface area contributed by atoms with Crippen molar-refractivity contribution in [3.63, 3.8) is 0 Å². The first-order chi connectivity index (χ1) is 16.5. The van der Waals surface area contributed by atoms with E-state index in [0.29, 0.717) is 35.1 Å². The average Bonchev–Trinajstić information content (AvgIpc) is 3.26. The molecule has 170 valence electrons. The molecule has 34 heavy (non-hydrogen) atoms. The molecule has 1 aromatic carbocycles. The first-order valence-electron chi connectivity index (χ1n) is 10.7. The zero-order valence-corrected chi connectivity index (χ0v) is 19.5. The van der Waals surface area contributed by atoms with Crippen molar-refractivity contribution in [2.75, 3.05) is 12.3 Å². The molecule has 8 nitrogen and oxygen atoms in total. The summed E-state index contributed by atoms with van der Waals surface area (Å²) < 4.78 is 7.67. The maximum absolute atomic E-state index is 6.56. The number of halogens is 1. The molecule has 0 saturated heterocycles. The third kappa shape index (κ3) is 4.40. The summed E-state index contributed by atoms with van der Waals surface area (Å²) >= 11 is 6.56. The van der Waals surface area contributed by atoms with Gasteiger partial charge in [0.05, 0.1) is 17.1 Å². The number of aryl methyl sites for hydroxylation is 2. The molecule has 0 aliphatic heterocycles. The van der Waals surface area contributed by atoms with Crippen molar-refractivity contribution in [2.45, 2.75) is 13.3 Å². The van der Waals surface area contributed by atoms with E-state index < -0.39 is 0 Å². The second kappa shape index (κ2) is 9.07. The van der Waals surface area contributed by atoms with E-state index >= 15 is 0 Å². The van der Waals surface area contributed by atoms with Crippen LogP contribution in [0.5, 0.6) is 5.88 Å². The number of benzene rings is 1. The molecule has 2 N–H and O–H groups in total. The van der Waals surface area contributed by atoms with Crippen LogP contribution in [0.25, 0.3) is 33.5 Å². The van der Waals surface area contributed by atoms with Gasteiger partial charge in [-0.05, 0) is 48.9 Å². The summed E-state index contributed by atoms with van der Waals surface area (Å²) in [6, 6.07) is 13.5. The molecule has 0 aliphatic rings. The first-order valence-corrected chi connectivity index (χ1v) is 11.1. The Morgan fingerprint density at radius 1 is 1.03 bits per heavy atom. The van der Waals surface area contributed by atoms with Crippen LogP contribution in [0.15, 0.2) is 61.1 Å². The van der Waals surface area contributed by atoms with Gasteiger partial charge in [0.15, 0.2) is 5.82 Å². The van der Waals surface area contributed by atoms with Gasteiger partial charge in [-0.1, -0.05) is 17.7 Å². The number of aromatic nitrogens is 6. The molecular weight excluding hydrogens is 450 g/mol. The molecule has 0 saturated carbocycles. The SMILES string of the molecule is Cc1cc(CCOc2nc(-c3cc(Cl)c4ncccc4c3)c(-c3ccn(C)n3)nc2N)ccn1. The van der Waals surface area contributed by atoms with Gasteiger partial charge in [-0.3, -0.25) is 14.6 Å². The summed E-state index contributed by atoms with van der Waals surface area (Å²) in [5.41, 5.74) is 11.6. The number of nitrogens with zero attached hydrogens (tertiary/aromatic N) is 6. The number of ether oxygens (including phenoxy) is 1. The topological polar surface area (TPSA) is 105 Å². The molecule has 0 atom stereocenters. The van der Waals surface area contributed by atoms with E-state index in [1.165, 1.54) is 0 Å². The molecule has 0 aliphatic carbocycles. The second-order valence-corrected chi connectivity index (χ2v) is 8.33. The highest BCUT2D eigenvalue weighted by Gasteiger charge is 2.19. The van der Waals surface area contributed by atoms with Crippen LogP contribution in [0.3, 0.4) is 0 Å². The quantitative estimate of drug-likeness (QED) is 0.384. The highest BCUT2D eigenvalue weighted by molar-refractivity contribution is 6.35. The lowest BCUT2D eigenvalue weighted by Crippen LogP contribution is -2.08. The van der Waals surface area contributed by atoms with E-state index in [-0.39, 0.29) is 11.7 Å². The van der Waals surface area contributed by atoms with Crippen molar-refractivity contribution in [3.05, 3.63) is 77.3 Å².